The summed E-state index contributed by atoms with van der Waals surface area (Å²) >= 11 is 0. The number of nitrogens with zero attached hydrogens (tertiary/aromatic N) is 2. The Morgan fingerprint density at radius 3 is 2.44 bits per heavy atom. The molecule has 0 aromatic heterocycles. The van der Waals surface area contributed by atoms with Crippen LogP contribution in [0, 0.1) is 11.7 Å². The van der Waals surface area contributed by atoms with Crippen LogP contribution in [0.4, 0.5) is 10.1 Å². The standard InChI is InChI=1S/C20H21FN2O2/c1-22(18-7-3-2-4-8-18)19(24)16-6-5-13-23(14-16)20(25)15-9-11-17(21)12-10-15/h2-4,7-12,16H,5-6,13-14H2,1H3/t16-/m1/s1. The van der Waals surface area contributed by atoms with E-state index >= 15 is 0 Å². The first-order valence-corrected chi connectivity index (χ1v) is 8.43. The molecule has 0 radical (unpaired) electrons. The number of hydrogen-bond donors (Lipinski definition) is 0. The van der Waals surface area contributed by atoms with Gasteiger partial charge in [0.1, 0.15) is 5.82 Å². The highest BCUT2D eigenvalue weighted by Gasteiger charge is 2.31. The van der Waals surface area contributed by atoms with Crippen LogP contribution in [-0.4, -0.2) is 36.9 Å². The van der Waals surface area contributed by atoms with E-state index in [1.807, 2.05) is 30.3 Å². The quantitative estimate of drug-likeness (QED) is 0.860. The number of amides is 2. The van der Waals surface area contributed by atoms with Crippen molar-refractivity contribution in [2.75, 3.05) is 25.0 Å². The number of anilines is 1. The second-order valence-electron chi connectivity index (χ2n) is 6.33. The van der Waals surface area contributed by atoms with Crippen molar-refractivity contribution in [2.24, 2.45) is 5.92 Å². The lowest BCUT2D eigenvalue weighted by Crippen LogP contribution is -2.46. The molecule has 0 saturated carbocycles. The summed E-state index contributed by atoms with van der Waals surface area (Å²) in [6.45, 7) is 1.02. The van der Waals surface area contributed by atoms with Crippen LogP contribution in [0.2, 0.25) is 0 Å². The second-order valence-corrected chi connectivity index (χ2v) is 6.33. The molecule has 5 heteroatoms. The molecule has 25 heavy (non-hydrogen) atoms. The highest BCUT2D eigenvalue weighted by atomic mass is 19.1. The third-order valence-electron chi connectivity index (χ3n) is 4.62. The summed E-state index contributed by atoms with van der Waals surface area (Å²) in [6.07, 6.45) is 1.55. The molecule has 0 spiro atoms. The van der Waals surface area contributed by atoms with Crippen LogP contribution < -0.4 is 4.90 Å². The summed E-state index contributed by atoms with van der Waals surface area (Å²) in [5.41, 5.74) is 1.29. The van der Waals surface area contributed by atoms with Gasteiger partial charge in [0.15, 0.2) is 0 Å². The van der Waals surface area contributed by atoms with Gasteiger partial charge in [-0.25, -0.2) is 4.39 Å². The molecule has 1 atom stereocenters. The minimum atomic E-state index is -0.368. The Hall–Kier alpha value is -2.69. The fourth-order valence-corrected chi connectivity index (χ4v) is 3.19. The zero-order valence-corrected chi connectivity index (χ0v) is 14.2. The molecule has 0 bridgehead atoms. The molecule has 3 rings (SSSR count). The number of benzene rings is 2. The van der Waals surface area contributed by atoms with Gasteiger partial charge in [-0.15, -0.1) is 0 Å². The summed E-state index contributed by atoms with van der Waals surface area (Å²) < 4.78 is 13.0. The van der Waals surface area contributed by atoms with Gasteiger partial charge in [-0.2, -0.15) is 0 Å². The first-order valence-electron chi connectivity index (χ1n) is 8.43. The van der Waals surface area contributed by atoms with Crippen molar-refractivity contribution >= 4 is 17.5 Å². The molecule has 1 aliphatic rings. The maximum atomic E-state index is 13.0. The number of likely N-dealkylation sites (tertiary alicyclic amines) is 1. The topological polar surface area (TPSA) is 40.6 Å². The van der Waals surface area contributed by atoms with Crippen molar-refractivity contribution in [3.63, 3.8) is 0 Å². The number of carbonyl (C=O) groups is 2. The summed E-state index contributed by atoms with van der Waals surface area (Å²) in [4.78, 5) is 28.7. The summed E-state index contributed by atoms with van der Waals surface area (Å²) in [5.74, 6) is -0.723. The monoisotopic (exact) mass is 340 g/mol. The molecular weight excluding hydrogens is 319 g/mol. The molecule has 1 heterocycles. The van der Waals surface area contributed by atoms with Crippen LogP contribution in [0.5, 0.6) is 0 Å². The van der Waals surface area contributed by atoms with E-state index in [4.69, 9.17) is 0 Å². The highest BCUT2D eigenvalue weighted by Crippen LogP contribution is 2.23. The number of hydrogen-bond acceptors (Lipinski definition) is 2. The molecule has 0 aliphatic carbocycles. The highest BCUT2D eigenvalue weighted by molar-refractivity contribution is 5.97. The van der Waals surface area contributed by atoms with Crippen molar-refractivity contribution in [3.8, 4) is 0 Å². The van der Waals surface area contributed by atoms with Crippen molar-refractivity contribution in [1.82, 2.24) is 4.90 Å². The summed E-state index contributed by atoms with van der Waals surface area (Å²) in [7, 11) is 1.76. The van der Waals surface area contributed by atoms with Gasteiger partial charge < -0.3 is 9.80 Å². The first kappa shape index (κ1) is 17.1. The van der Waals surface area contributed by atoms with Crippen molar-refractivity contribution in [1.29, 1.82) is 0 Å². The van der Waals surface area contributed by atoms with Crippen LogP contribution in [0.25, 0.3) is 0 Å². The molecule has 1 fully saturated rings. The number of rotatable bonds is 3. The van der Waals surface area contributed by atoms with Crippen LogP contribution in [0.15, 0.2) is 54.6 Å². The van der Waals surface area contributed by atoms with Crippen LogP contribution >= 0.6 is 0 Å². The number of halogens is 1. The normalized spacial score (nSPS) is 17.2. The van der Waals surface area contributed by atoms with E-state index in [0.29, 0.717) is 18.7 Å². The Morgan fingerprint density at radius 2 is 1.76 bits per heavy atom. The lowest BCUT2D eigenvalue weighted by molar-refractivity contribution is -0.123. The van der Waals surface area contributed by atoms with Crippen molar-refractivity contribution in [2.45, 2.75) is 12.8 Å². The fraction of sp³-hybridized carbons (Fsp3) is 0.300. The molecule has 130 valence electrons. The van der Waals surface area contributed by atoms with Gasteiger partial charge >= 0.3 is 0 Å². The minimum Gasteiger partial charge on any atom is -0.338 e. The van der Waals surface area contributed by atoms with Gasteiger partial charge in [0.2, 0.25) is 5.91 Å². The van der Waals surface area contributed by atoms with Crippen LogP contribution in [0.1, 0.15) is 23.2 Å². The van der Waals surface area contributed by atoms with Gasteiger partial charge in [0.05, 0.1) is 5.92 Å². The molecule has 2 aromatic carbocycles. The Morgan fingerprint density at radius 1 is 1.08 bits per heavy atom. The largest absolute Gasteiger partial charge is 0.338 e. The fourth-order valence-electron chi connectivity index (χ4n) is 3.19. The Kier molecular flexibility index (Phi) is 5.12. The van der Waals surface area contributed by atoms with E-state index in [1.165, 1.54) is 24.3 Å². The van der Waals surface area contributed by atoms with Crippen LogP contribution in [-0.2, 0) is 4.79 Å². The average Bonchev–Trinajstić information content (AvgIpc) is 2.67. The third-order valence-corrected chi connectivity index (χ3v) is 4.62. The third kappa shape index (κ3) is 3.87. The summed E-state index contributed by atoms with van der Waals surface area (Å²) in [5, 5.41) is 0. The van der Waals surface area contributed by atoms with E-state index in [-0.39, 0.29) is 23.5 Å². The maximum Gasteiger partial charge on any atom is 0.253 e. The number of para-hydroxylation sites is 1. The van der Waals surface area contributed by atoms with E-state index in [0.717, 1.165) is 18.5 Å². The van der Waals surface area contributed by atoms with Gasteiger partial charge in [0.25, 0.3) is 5.91 Å². The second kappa shape index (κ2) is 7.47. The lowest BCUT2D eigenvalue weighted by Gasteiger charge is -2.34. The lowest BCUT2D eigenvalue weighted by atomic mass is 9.95. The predicted octanol–water partition coefficient (Wildman–Crippen LogP) is 3.34. The van der Waals surface area contributed by atoms with Crippen LogP contribution in [0.3, 0.4) is 0 Å². The van der Waals surface area contributed by atoms with Gasteiger partial charge in [-0.05, 0) is 49.2 Å². The van der Waals surface area contributed by atoms with Crippen molar-refractivity contribution < 1.29 is 14.0 Å². The Balaban J connectivity index is 1.69. The zero-order chi connectivity index (χ0) is 17.8. The average molecular weight is 340 g/mol. The molecule has 1 saturated heterocycles. The van der Waals surface area contributed by atoms with E-state index in [2.05, 4.69) is 0 Å². The number of piperidine rings is 1. The molecule has 4 nitrogen and oxygen atoms in total. The maximum absolute atomic E-state index is 13.0. The SMILES string of the molecule is CN(C(=O)[C@@H]1CCCN(C(=O)c2ccc(F)cc2)C1)c1ccccc1. The molecule has 1 aliphatic heterocycles. The molecule has 0 unspecified atom stereocenters. The Labute approximate surface area is 146 Å². The molecule has 2 aromatic rings. The Bertz CT molecular complexity index is 746. The molecular formula is C20H21FN2O2. The summed E-state index contributed by atoms with van der Waals surface area (Å²) in [6, 6.07) is 15.0. The smallest absolute Gasteiger partial charge is 0.253 e. The molecule has 0 N–H and O–H groups in total. The van der Waals surface area contributed by atoms with Crippen molar-refractivity contribution in [3.05, 3.63) is 66.0 Å². The van der Waals surface area contributed by atoms with Gasteiger partial charge in [0, 0.05) is 31.4 Å². The minimum absolute atomic E-state index is 0.0165. The van der Waals surface area contributed by atoms with E-state index < -0.39 is 0 Å². The first-order chi connectivity index (χ1) is 12.1. The zero-order valence-electron chi connectivity index (χ0n) is 14.2. The van der Waals surface area contributed by atoms with E-state index in [9.17, 15) is 14.0 Å². The molecule has 2 amide bonds. The number of carbonyl (C=O) groups excluding carboxylic acids is 2. The van der Waals surface area contributed by atoms with Gasteiger partial charge in [-0.1, -0.05) is 18.2 Å². The van der Waals surface area contributed by atoms with E-state index in [1.54, 1.807) is 16.8 Å². The predicted molar refractivity (Wildman–Crippen MR) is 94.9 cm³/mol. The van der Waals surface area contributed by atoms with Gasteiger partial charge in [-0.3, -0.25) is 9.59 Å².